The number of hydrogen-bond donors (Lipinski definition) is 2. The molecule has 11 heteroatoms. The summed E-state index contributed by atoms with van der Waals surface area (Å²) in [5, 5.41) is 2.94. The van der Waals surface area contributed by atoms with E-state index in [0.717, 1.165) is 12.8 Å². The van der Waals surface area contributed by atoms with E-state index >= 15 is 0 Å². The molecule has 2 saturated heterocycles. The number of nitrogens with one attached hydrogen (secondary N) is 2. The van der Waals surface area contributed by atoms with Gasteiger partial charge in [-0.2, -0.15) is 0 Å². The van der Waals surface area contributed by atoms with Gasteiger partial charge in [0.25, 0.3) is 5.91 Å². The van der Waals surface area contributed by atoms with Crippen LogP contribution in [-0.2, 0) is 19.5 Å². The standard InChI is InChI=1S/C21H29N5O5S/c1-13-8-25(9-14(2)31-13)17-6-16(32(28,29)24-21(3)11-30-12-21)10-26-18(17)7-22-19(26)20(27)23-15-4-5-15/h6-7,10,13-15,24H,4-5,8-9,11-12H2,1-3H3,(H,23,27)/t13-,14-/m0/s1. The molecule has 1 amide bonds. The lowest BCUT2D eigenvalue weighted by atomic mass is 10.0. The second kappa shape index (κ2) is 7.68. The highest BCUT2D eigenvalue weighted by Gasteiger charge is 2.38. The molecule has 2 aliphatic heterocycles. The van der Waals surface area contributed by atoms with E-state index in [0.29, 0.717) is 37.5 Å². The van der Waals surface area contributed by atoms with Crippen LogP contribution < -0.4 is 14.9 Å². The van der Waals surface area contributed by atoms with Crippen molar-refractivity contribution in [2.75, 3.05) is 31.2 Å². The monoisotopic (exact) mass is 463 g/mol. The Kier molecular flexibility index (Phi) is 5.19. The van der Waals surface area contributed by atoms with E-state index in [-0.39, 0.29) is 34.9 Å². The van der Waals surface area contributed by atoms with Crippen molar-refractivity contribution in [3.05, 3.63) is 24.3 Å². The fraction of sp³-hybridized carbons (Fsp3) is 0.619. The maximum atomic E-state index is 13.3. The minimum Gasteiger partial charge on any atom is -0.377 e. The summed E-state index contributed by atoms with van der Waals surface area (Å²) in [5.74, 6) is -0.123. The second-order valence-electron chi connectivity index (χ2n) is 9.47. The highest BCUT2D eigenvalue weighted by molar-refractivity contribution is 7.89. The third-order valence-corrected chi connectivity index (χ3v) is 7.61. The highest BCUT2D eigenvalue weighted by Crippen LogP contribution is 2.30. The van der Waals surface area contributed by atoms with E-state index < -0.39 is 15.6 Å². The summed E-state index contributed by atoms with van der Waals surface area (Å²) in [6.07, 6.45) is 4.99. The van der Waals surface area contributed by atoms with Crippen LogP contribution in [0.4, 0.5) is 5.69 Å². The number of pyridine rings is 1. The van der Waals surface area contributed by atoms with Crippen LogP contribution in [0.3, 0.4) is 0 Å². The topological polar surface area (TPSA) is 114 Å². The fourth-order valence-electron chi connectivity index (χ4n) is 4.33. The first-order valence-electron chi connectivity index (χ1n) is 11.0. The Morgan fingerprint density at radius 3 is 2.50 bits per heavy atom. The van der Waals surface area contributed by atoms with Gasteiger partial charge in [0.2, 0.25) is 15.8 Å². The number of fused-ring (bicyclic) bond motifs is 1. The predicted molar refractivity (Wildman–Crippen MR) is 117 cm³/mol. The van der Waals surface area contributed by atoms with Gasteiger partial charge >= 0.3 is 0 Å². The van der Waals surface area contributed by atoms with E-state index in [4.69, 9.17) is 9.47 Å². The van der Waals surface area contributed by atoms with Gasteiger partial charge in [0, 0.05) is 25.3 Å². The number of aromatic nitrogens is 2. The van der Waals surface area contributed by atoms with E-state index in [1.165, 1.54) is 6.20 Å². The first-order valence-corrected chi connectivity index (χ1v) is 12.5. The summed E-state index contributed by atoms with van der Waals surface area (Å²) in [5.41, 5.74) is 0.754. The van der Waals surface area contributed by atoms with Crippen molar-refractivity contribution in [1.29, 1.82) is 0 Å². The Morgan fingerprint density at radius 1 is 1.22 bits per heavy atom. The zero-order valence-corrected chi connectivity index (χ0v) is 19.3. The Labute approximate surface area is 187 Å². The SMILES string of the molecule is C[C@H]1CN(c2cc(S(=O)(=O)NC3(C)COC3)cn3c(C(=O)NC4CC4)ncc23)C[C@H](C)O1. The maximum absolute atomic E-state index is 13.3. The smallest absolute Gasteiger partial charge is 0.287 e. The van der Waals surface area contributed by atoms with Crippen LogP contribution in [0.25, 0.3) is 5.52 Å². The molecule has 0 unspecified atom stereocenters. The van der Waals surface area contributed by atoms with Crippen molar-refractivity contribution in [1.82, 2.24) is 19.4 Å². The van der Waals surface area contributed by atoms with Gasteiger partial charge in [0.15, 0.2) is 0 Å². The number of sulfonamides is 1. The summed E-state index contributed by atoms with van der Waals surface area (Å²) < 4.78 is 42.0. The molecule has 1 saturated carbocycles. The molecule has 0 aromatic carbocycles. The number of anilines is 1. The quantitative estimate of drug-likeness (QED) is 0.654. The molecule has 1 aliphatic carbocycles. The van der Waals surface area contributed by atoms with Crippen LogP contribution in [-0.4, -0.2) is 73.8 Å². The lowest BCUT2D eigenvalue weighted by molar-refractivity contribution is -0.0523. The van der Waals surface area contributed by atoms with Gasteiger partial charge in [-0.1, -0.05) is 0 Å². The zero-order chi connectivity index (χ0) is 22.7. The summed E-state index contributed by atoms with van der Waals surface area (Å²) in [6, 6.07) is 1.83. The number of hydrogen-bond acceptors (Lipinski definition) is 7. The molecule has 2 atom stereocenters. The molecule has 0 spiro atoms. The summed E-state index contributed by atoms with van der Waals surface area (Å²) in [6.45, 7) is 7.65. The van der Waals surface area contributed by atoms with Crippen LogP contribution >= 0.6 is 0 Å². The van der Waals surface area contributed by atoms with Gasteiger partial charge < -0.3 is 19.7 Å². The predicted octanol–water partition coefficient (Wildman–Crippen LogP) is 0.907. The van der Waals surface area contributed by atoms with E-state index in [2.05, 4.69) is 19.9 Å². The van der Waals surface area contributed by atoms with Crippen LogP contribution in [0, 0.1) is 0 Å². The molecular weight excluding hydrogens is 434 g/mol. The molecule has 2 N–H and O–H groups in total. The fourth-order valence-corrected chi connectivity index (χ4v) is 5.72. The van der Waals surface area contributed by atoms with E-state index in [1.807, 2.05) is 20.8 Å². The van der Waals surface area contributed by atoms with Crippen molar-refractivity contribution >= 4 is 27.1 Å². The number of carbonyl (C=O) groups excluding carboxylic acids is 1. The molecule has 0 bridgehead atoms. The van der Waals surface area contributed by atoms with Crippen LogP contribution in [0.2, 0.25) is 0 Å². The minimum atomic E-state index is -3.86. The van der Waals surface area contributed by atoms with Crippen molar-refractivity contribution in [2.24, 2.45) is 0 Å². The molecule has 32 heavy (non-hydrogen) atoms. The summed E-state index contributed by atoms with van der Waals surface area (Å²) in [4.78, 5) is 19.3. The Morgan fingerprint density at radius 2 is 1.91 bits per heavy atom. The largest absolute Gasteiger partial charge is 0.377 e. The molecule has 5 rings (SSSR count). The number of carbonyl (C=O) groups is 1. The molecule has 10 nitrogen and oxygen atoms in total. The molecule has 0 radical (unpaired) electrons. The zero-order valence-electron chi connectivity index (χ0n) is 18.5. The molecule has 174 valence electrons. The number of rotatable bonds is 6. The van der Waals surface area contributed by atoms with Gasteiger partial charge in [-0.15, -0.1) is 0 Å². The van der Waals surface area contributed by atoms with Crippen molar-refractivity contribution < 1.29 is 22.7 Å². The number of morpholine rings is 1. The Bertz CT molecular complexity index is 1140. The molecule has 2 aromatic rings. The summed E-state index contributed by atoms with van der Waals surface area (Å²) >= 11 is 0. The molecular formula is C21H29N5O5S. The molecule has 4 heterocycles. The lowest BCUT2D eigenvalue weighted by Crippen LogP contribution is -2.59. The van der Waals surface area contributed by atoms with Gasteiger partial charge in [0.1, 0.15) is 4.90 Å². The average molecular weight is 464 g/mol. The molecule has 2 aromatic heterocycles. The Hall–Kier alpha value is -2.21. The van der Waals surface area contributed by atoms with Crippen LogP contribution in [0.1, 0.15) is 44.2 Å². The average Bonchev–Trinajstić information content (AvgIpc) is 3.39. The third-order valence-electron chi connectivity index (χ3n) is 6.00. The van der Waals surface area contributed by atoms with Crippen molar-refractivity contribution in [3.63, 3.8) is 0 Å². The van der Waals surface area contributed by atoms with Gasteiger partial charge in [0.05, 0.1) is 48.4 Å². The van der Waals surface area contributed by atoms with Crippen molar-refractivity contribution in [3.8, 4) is 0 Å². The van der Waals surface area contributed by atoms with Gasteiger partial charge in [-0.05, 0) is 39.7 Å². The lowest BCUT2D eigenvalue weighted by Gasteiger charge is -2.38. The highest BCUT2D eigenvalue weighted by atomic mass is 32.2. The number of ether oxygens (including phenoxy) is 2. The van der Waals surface area contributed by atoms with Crippen molar-refractivity contribution in [2.45, 2.75) is 62.3 Å². The van der Waals surface area contributed by atoms with Gasteiger partial charge in [-0.3, -0.25) is 9.20 Å². The number of nitrogens with zero attached hydrogens (tertiary/aromatic N) is 3. The maximum Gasteiger partial charge on any atom is 0.287 e. The Balaban J connectivity index is 1.60. The normalized spacial score (nSPS) is 25.5. The summed E-state index contributed by atoms with van der Waals surface area (Å²) in [7, 11) is -3.86. The van der Waals surface area contributed by atoms with Crippen LogP contribution in [0.15, 0.2) is 23.4 Å². The van der Waals surface area contributed by atoms with Gasteiger partial charge in [-0.25, -0.2) is 18.1 Å². The first kappa shape index (κ1) is 21.6. The second-order valence-corrected chi connectivity index (χ2v) is 11.1. The van der Waals surface area contributed by atoms with Crippen LogP contribution in [0.5, 0.6) is 0 Å². The van der Waals surface area contributed by atoms with E-state index in [1.54, 1.807) is 16.7 Å². The molecule has 3 aliphatic rings. The minimum absolute atomic E-state index is 0.0104. The number of amides is 1. The number of imidazole rings is 1. The molecule has 3 fully saturated rings. The first-order chi connectivity index (χ1) is 15.1. The third kappa shape index (κ3) is 4.09. The van der Waals surface area contributed by atoms with E-state index in [9.17, 15) is 13.2 Å².